The Kier molecular flexibility index (Phi) is 4.05. The van der Waals surface area contributed by atoms with E-state index in [9.17, 15) is 9.59 Å². The van der Waals surface area contributed by atoms with Gasteiger partial charge in [-0.15, -0.1) is 0 Å². The van der Waals surface area contributed by atoms with Gasteiger partial charge in [0, 0.05) is 11.8 Å². The molecule has 0 bridgehead atoms. The molecule has 6 heteroatoms. The molecular weight excluding hydrogens is 298 g/mol. The third-order valence-corrected chi connectivity index (χ3v) is 3.26. The molecule has 2 aromatic carbocycles. The van der Waals surface area contributed by atoms with Crippen LogP contribution in [0.5, 0.6) is 11.5 Å². The van der Waals surface area contributed by atoms with Crippen molar-refractivity contribution in [1.29, 1.82) is 0 Å². The van der Waals surface area contributed by atoms with Crippen LogP contribution < -0.4 is 9.47 Å². The molecule has 116 valence electrons. The quantitative estimate of drug-likeness (QED) is 0.521. The average molecular weight is 311 g/mol. The van der Waals surface area contributed by atoms with E-state index < -0.39 is 18.2 Å². The number of rotatable bonds is 5. The van der Waals surface area contributed by atoms with Crippen molar-refractivity contribution in [2.45, 2.75) is 6.42 Å². The van der Waals surface area contributed by atoms with Crippen LogP contribution in [-0.2, 0) is 4.79 Å². The maximum atomic E-state index is 11.6. The monoisotopic (exact) mass is 311 g/mol. The summed E-state index contributed by atoms with van der Waals surface area (Å²) >= 11 is 0. The van der Waals surface area contributed by atoms with Crippen LogP contribution in [0.15, 0.2) is 47.5 Å². The van der Waals surface area contributed by atoms with Gasteiger partial charge in [-0.25, -0.2) is 0 Å². The van der Waals surface area contributed by atoms with E-state index in [0.29, 0.717) is 22.7 Å². The molecule has 0 unspecified atom stereocenters. The number of ketones is 1. The lowest BCUT2D eigenvalue weighted by molar-refractivity contribution is -0.135. The largest absolute Gasteiger partial charge is 0.481 e. The number of hydrogen-bond acceptors (Lipinski definition) is 5. The van der Waals surface area contributed by atoms with E-state index in [4.69, 9.17) is 14.6 Å². The highest BCUT2D eigenvalue weighted by Crippen LogP contribution is 2.32. The normalized spacial score (nSPS) is 12.5. The van der Waals surface area contributed by atoms with Gasteiger partial charge < -0.3 is 14.6 Å². The third-order valence-electron chi connectivity index (χ3n) is 3.26. The van der Waals surface area contributed by atoms with E-state index in [1.165, 1.54) is 0 Å². The van der Waals surface area contributed by atoms with E-state index in [1.54, 1.807) is 30.5 Å². The second kappa shape index (κ2) is 6.31. The molecule has 0 saturated heterocycles. The Morgan fingerprint density at radius 3 is 2.57 bits per heavy atom. The zero-order chi connectivity index (χ0) is 16.2. The van der Waals surface area contributed by atoms with Crippen LogP contribution in [0.3, 0.4) is 0 Å². The van der Waals surface area contributed by atoms with Crippen molar-refractivity contribution in [3.8, 4) is 11.5 Å². The van der Waals surface area contributed by atoms with Crippen LogP contribution >= 0.6 is 0 Å². The number of aliphatic imine (C=N–C) groups is 1. The fourth-order valence-corrected chi connectivity index (χ4v) is 2.12. The highest BCUT2D eigenvalue weighted by molar-refractivity contribution is 6.05. The van der Waals surface area contributed by atoms with E-state index in [0.717, 1.165) is 5.56 Å². The summed E-state index contributed by atoms with van der Waals surface area (Å²) in [6.07, 6.45) is 1.16. The van der Waals surface area contributed by atoms with Crippen molar-refractivity contribution in [2.75, 3.05) is 6.79 Å². The molecule has 23 heavy (non-hydrogen) atoms. The molecule has 0 fully saturated rings. The predicted octanol–water partition coefficient (Wildman–Crippen LogP) is 2.82. The minimum absolute atomic E-state index is 0.224. The lowest BCUT2D eigenvalue weighted by atomic mass is 10.1. The number of carbonyl (C=O) groups is 2. The topological polar surface area (TPSA) is 85.2 Å². The number of hydrogen-bond donors (Lipinski definition) is 1. The fourth-order valence-electron chi connectivity index (χ4n) is 2.12. The van der Waals surface area contributed by atoms with Gasteiger partial charge in [0.25, 0.3) is 0 Å². The SMILES string of the molecule is O=C(O)CC(=O)c1ccc(N=Cc2ccc3c(c2)OCO3)cc1. The Bertz CT molecular complexity index is 780. The summed E-state index contributed by atoms with van der Waals surface area (Å²) in [6, 6.07) is 12.0. The van der Waals surface area contributed by atoms with Crippen molar-refractivity contribution in [3.63, 3.8) is 0 Å². The summed E-state index contributed by atoms with van der Waals surface area (Å²) in [6.45, 7) is 0.224. The Hall–Kier alpha value is -3.15. The molecule has 1 N–H and O–H groups in total. The molecule has 0 radical (unpaired) electrons. The van der Waals surface area contributed by atoms with E-state index in [-0.39, 0.29) is 6.79 Å². The summed E-state index contributed by atoms with van der Waals surface area (Å²) in [5, 5.41) is 8.61. The Morgan fingerprint density at radius 2 is 1.83 bits per heavy atom. The maximum absolute atomic E-state index is 11.6. The first-order chi connectivity index (χ1) is 11.1. The van der Waals surface area contributed by atoms with Gasteiger partial charge in [-0.1, -0.05) is 0 Å². The lowest BCUT2D eigenvalue weighted by Gasteiger charge is -2.00. The molecular formula is C17H13NO5. The van der Waals surface area contributed by atoms with Gasteiger partial charge in [0.2, 0.25) is 6.79 Å². The van der Waals surface area contributed by atoms with E-state index >= 15 is 0 Å². The van der Waals surface area contributed by atoms with Crippen molar-refractivity contribution in [1.82, 2.24) is 0 Å². The molecule has 1 aliphatic rings. The molecule has 0 aromatic heterocycles. The number of ether oxygens (including phenoxy) is 2. The van der Waals surface area contributed by atoms with Gasteiger partial charge in [0.05, 0.1) is 5.69 Å². The summed E-state index contributed by atoms with van der Waals surface area (Å²) in [5.41, 5.74) is 1.88. The number of carboxylic acid groups (broad SMARTS) is 1. The number of aliphatic carboxylic acids is 1. The highest BCUT2D eigenvalue weighted by Gasteiger charge is 2.12. The van der Waals surface area contributed by atoms with Gasteiger partial charge in [-0.3, -0.25) is 14.6 Å². The highest BCUT2D eigenvalue weighted by atomic mass is 16.7. The third kappa shape index (κ3) is 3.55. The number of carboxylic acids is 1. The fraction of sp³-hybridized carbons (Fsp3) is 0.118. The smallest absolute Gasteiger partial charge is 0.311 e. The summed E-state index contributed by atoms with van der Waals surface area (Å²) < 4.78 is 10.5. The average Bonchev–Trinajstić information content (AvgIpc) is 3.00. The molecule has 6 nitrogen and oxygen atoms in total. The molecule has 1 aliphatic heterocycles. The van der Waals surface area contributed by atoms with Gasteiger partial charge in [-0.2, -0.15) is 0 Å². The summed E-state index contributed by atoms with van der Waals surface area (Å²) in [5.74, 6) is -0.171. The van der Waals surface area contributed by atoms with Crippen molar-refractivity contribution < 1.29 is 24.2 Å². The van der Waals surface area contributed by atoms with Gasteiger partial charge in [0.1, 0.15) is 6.42 Å². The zero-order valence-electron chi connectivity index (χ0n) is 12.1. The molecule has 0 spiro atoms. The Balaban J connectivity index is 1.70. The molecule has 0 saturated carbocycles. The van der Waals surface area contributed by atoms with Gasteiger partial charge in [-0.05, 0) is 48.0 Å². The van der Waals surface area contributed by atoms with Crippen molar-refractivity contribution in [2.24, 2.45) is 4.99 Å². The molecule has 3 rings (SSSR count). The van der Waals surface area contributed by atoms with Gasteiger partial charge in [0.15, 0.2) is 17.3 Å². The number of benzene rings is 2. The van der Waals surface area contributed by atoms with Crippen LogP contribution in [0.4, 0.5) is 5.69 Å². The minimum atomic E-state index is -1.14. The zero-order valence-corrected chi connectivity index (χ0v) is 12.1. The van der Waals surface area contributed by atoms with Crippen LogP contribution in [-0.4, -0.2) is 29.9 Å². The summed E-state index contributed by atoms with van der Waals surface area (Å²) in [7, 11) is 0. The summed E-state index contributed by atoms with van der Waals surface area (Å²) in [4.78, 5) is 26.5. The maximum Gasteiger partial charge on any atom is 0.311 e. The van der Waals surface area contributed by atoms with E-state index in [2.05, 4.69) is 4.99 Å². The number of carbonyl (C=O) groups excluding carboxylic acids is 1. The molecule has 0 atom stereocenters. The number of fused-ring (bicyclic) bond motifs is 1. The predicted molar refractivity (Wildman–Crippen MR) is 82.8 cm³/mol. The molecule has 2 aromatic rings. The second-order valence-electron chi connectivity index (χ2n) is 4.91. The molecule has 1 heterocycles. The second-order valence-corrected chi connectivity index (χ2v) is 4.91. The standard InChI is InChI=1S/C17H13NO5/c19-14(8-17(20)21)12-2-4-13(5-3-12)18-9-11-1-6-15-16(7-11)23-10-22-15/h1-7,9H,8,10H2,(H,20,21). The van der Waals surface area contributed by atoms with Crippen molar-refractivity contribution >= 4 is 23.7 Å². The minimum Gasteiger partial charge on any atom is -0.481 e. The first-order valence-corrected chi connectivity index (χ1v) is 6.90. The Labute approximate surface area is 132 Å². The Morgan fingerprint density at radius 1 is 1.09 bits per heavy atom. The lowest BCUT2D eigenvalue weighted by Crippen LogP contribution is -2.06. The molecule has 0 aliphatic carbocycles. The van der Waals surface area contributed by atoms with Crippen LogP contribution in [0.1, 0.15) is 22.3 Å². The van der Waals surface area contributed by atoms with Crippen LogP contribution in [0.25, 0.3) is 0 Å². The number of nitrogens with zero attached hydrogens (tertiary/aromatic N) is 1. The van der Waals surface area contributed by atoms with Crippen LogP contribution in [0, 0.1) is 0 Å². The molecule has 0 amide bonds. The van der Waals surface area contributed by atoms with Crippen molar-refractivity contribution in [3.05, 3.63) is 53.6 Å². The van der Waals surface area contributed by atoms with Gasteiger partial charge >= 0.3 is 5.97 Å². The van der Waals surface area contributed by atoms with E-state index in [1.807, 2.05) is 18.2 Å². The first-order valence-electron chi connectivity index (χ1n) is 6.90. The van der Waals surface area contributed by atoms with Crippen LogP contribution in [0.2, 0.25) is 0 Å². The first kappa shape index (κ1) is 14.8. The number of Topliss-reactive ketones (excluding diaryl/α,β-unsaturated/α-hetero) is 1.